The van der Waals surface area contributed by atoms with Crippen LogP contribution in [0.1, 0.15) is 20.9 Å². The SMILES string of the molecule is Cc1nc(-c2ccc(CNC(=O)c3cc(Cl)ccc3Cl)cc2)cs1. The maximum absolute atomic E-state index is 12.2. The van der Waals surface area contributed by atoms with Crippen molar-refractivity contribution in [3.63, 3.8) is 0 Å². The normalized spacial score (nSPS) is 10.6. The van der Waals surface area contributed by atoms with Crippen LogP contribution >= 0.6 is 34.5 Å². The highest BCUT2D eigenvalue weighted by molar-refractivity contribution is 7.09. The monoisotopic (exact) mass is 376 g/mol. The van der Waals surface area contributed by atoms with Crippen LogP contribution in [-0.2, 0) is 6.54 Å². The molecule has 0 atom stereocenters. The quantitative estimate of drug-likeness (QED) is 0.666. The maximum atomic E-state index is 12.2. The average molecular weight is 377 g/mol. The molecule has 1 aromatic heterocycles. The molecule has 1 amide bonds. The topological polar surface area (TPSA) is 42.0 Å². The van der Waals surface area contributed by atoms with E-state index in [0.717, 1.165) is 21.8 Å². The molecule has 3 rings (SSSR count). The zero-order chi connectivity index (χ0) is 17.1. The number of carbonyl (C=O) groups is 1. The predicted octanol–water partition coefficient (Wildman–Crippen LogP) is 5.36. The van der Waals surface area contributed by atoms with Gasteiger partial charge in [0.05, 0.1) is 21.3 Å². The minimum Gasteiger partial charge on any atom is -0.348 e. The number of aryl methyl sites for hydroxylation is 1. The van der Waals surface area contributed by atoms with E-state index in [9.17, 15) is 4.79 Å². The lowest BCUT2D eigenvalue weighted by Gasteiger charge is -2.08. The van der Waals surface area contributed by atoms with Gasteiger partial charge in [-0.05, 0) is 30.7 Å². The van der Waals surface area contributed by atoms with Crippen LogP contribution in [0.5, 0.6) is 0 Å². The van der Waals surface area contributed by atoms with Crippen molar-refractivity contribution in [1.82, 2.24) is 10.3 Å². The number of thiazole rings is 1. The second kappa shape index (κ2) is 7.34. The van der Waals surface area contributed by atoms with Gasteiger partial charge >= 0.3 is 0 Å². The number of amides is 1. The third kappa shape index (κ3) is 3.96. The summed E-state index contributed by atoms with van der Waals surface area (Å²) in [5, 5.41) is 6.79. The molecule has 2 aromatic carbocycles. The van der Waals surface area contributed by atoms with Gasteiger partial charge in [-0.2, -0.15) is 0 Å². The van der Waals surface area contributed by atoms with Crippen molar-refractivity contribution < 1.29 is 4.79 Å². The van der Waals surface area contributed by atoms with E-state index in [0.29, 0.717) is 22.2 Å². The fourth-order valence-corrected chi connectivity index (χ4v) is 3.24. The predicted molar refractivity (Wildman–Crippen MR) is 99.9 cm³/mol. The number of halogens is 2. The first kappa shape index (κ1) is 17.0. The van der Waals surface area contributed by atoms with E-state index in [1.54, 1.807) is 29.5 Å². The van der Waals surface area contributed by atoms with Crippen LogP contribution in [0.25, 0.3) is 11.3 Å². The summed E-state index contributed by atoms with van der Waals surface area (Å²) in [5.41, 5.74) is 3.40. The molecule has 3 aromatic rings. The number of hydrogen-bond acceptors (Lipinski definition) is 3. The Hall–Kier alpha value is -1.88. The second-order valence-electron chi connectivity index (χ2n) is 5.26. The van der Waals surface area contributed by atoms with E-state index in [1.807, 2.05) is 36.6 Å². The molecule has 0 saturated carbocycles. The first-order valence-electron chi connectivity index (χ1n) is 7.27. The zero-order valence-electron chi connectivity index (χ0n) is 12.8. The van der Waals surface area contributed by atoms with Gasteiger partial charge in [-0.1, -0.05) is 47.5 Å². The smallest absolute Gasteiger partial charge is 0.253 e. The Morgan fingerprint density at radius 1 is 1.17 bits per heavy atom. The molecular formula is C18H14Cl2N2OS. The van der Waals surface area contributed by atoms with E-state index in [2.05, 4.69) is 10.3 Å². The second-order valence-corrected chi connectivity index (χ2v) is 7.16. The van der Waals surface area contributed by atoms with Crippen molar-refractivity contribution in [3.8, 4) is 11.3 Å². The van der Waals surface area contributed by atoms with E-state index < -0.39 is 0 Å². The molecule has 0 unspecified atom stereocenters. The molecule has 24 heavy (non-hydrogen) atoms. The summed E-state index contributed by atoms with van der Waals surface area (Å²) in [7, 11) is 0. The highest BCUT2D eigenvalue weighted by Gasteiger charge is 2.11. The summed E-state index contributed by atoms with van der Waals surface area (Å²) in [4.78, 5) is 16.7. The minimum atomic E-state index is -0.248. The van der Waals surface area contributed by atoms with Crippen LogP contribution in [0.15, 0.2) is 47.8 Å². The molecule has 0 radical (unpaired) electrons. The number of rotatable bonds is 4. The fraction of sp³-hybridized carbons (Fsp3) is 0.111. The molecule has 0 aliphatic carbocycles. The first-order valence-corrected chi connectivity index (χ1v) is 8.91. The Kier molecular flexibility index (Phi) is 5.19. The zero-order valence-corrected chi connectivity index (χ0v) is 15.2. The highest BCUT2D eigenvalue weighted by Crippen LogP contribution is 2.22. The molecule has 0 aliphatic rings. The van der Waals surface area contributed by atoms with Gasteiger partial charge in [0.2, 0.25) is 0 Å². The van der Waals surface area contributed by atoms with E-state index >= 15 is 0 Å². The van der Waals surface area contributed by atoms with Gasteiger partial charge in [0.15, 0.2) is 0 Å². The van der Waals surface area contributed by atoms with Crippen molar-refractivity contribution in [1.29, 1.82) is 0 Å². The van der Waals surface area contributed by atoms with Crippen molar-refractivity contribution in [2.24, 2.45) is 0 Å². The van der Waals surface area contributed by atoms with E-state index in [-0.39, 0.29) is 5.91 Å². The summed E-state index contributed by atoms with van der Waals surface area (Å²) in [6.45, 7) is 2.40. The lowest BCUT2D eigenvalue weighted by atomic mass is 10.1. The molecule has 1 N–H and O–H groups in total. The molecule has 0 saturated heterocycles. The van der Waals surface area contributed by atoms with E-state index in [4.69, 9.17) is 23.2 Å². The summed E-state index contributed by atoms with van der Waals surface area (Å²) in [6.07, 6.45) is 0. The summed E-state index contributed by atoms with van der Waals surface area (Å²) in [5.74, 6) is -0.248. The lowest BCUT2D eigenvalue weighted by Crippen LogP contribution is -2.23. The van der Waals surface area contributed by atoms with Crippen molar-refractivity contribution in [2.45, 2.75) is 13.5 Å². The van der Waals surface area contributed by atoms with Crippen molar-refractivity contribution >= 4 is 40.4 Å². The van der Waals surface area contributed by atoms with Gasteiger partial charge in [0.1, 0.15) is 0 Å². The van der Waals surface area contributed by atoms with Gasteiger partial charge < -0.3 is 5.32 Å². The lowest BCUT2D eigenvalue weighted by molar-refractivity contribution is 0.0951. The van der Waals surface area contributed by atoms with Crippen LogP contribution in [0, 0.1) is 6.92 Å². The Bertz CT molecular complexity index is 875. The van der Waals surface area contributed by atoms with Gasteiger partial charge in [-0.25, -0.2) is 4.98 Å². The van der Waals surface area contributed by atoms with Crippen molar-refractivity contribution in [2.75, 3.05) is 0 Å². The molecule has 0 bridgehead atoms. The third-order valence-electron chi connectivity index (χ3n) is 3.49. The summed E-state index contributed by atoms with van der Waals surface area (Å²) >= 11 is 13.6. The number of hydrogen-bond donors (Lipinski definition) is 1. The Morgan fingerprint density at radius 3 is 2.58 bits per heavy atom. The summed E-state index contributed by atoms with van der Waals surface area (Å²) < 4.78 is 0. The Labute approximate surface area is 154 Å². The standard InChI is InChI=1S/C18H14Cl2N2OS/c1-11-22-17(10-24-11)13-4-2-12(3-5-13)9-21-18(23)15-8-14(19)6-7-16(15)20/h2-8,10H,9H2,1H3,(H,21,23). The van der Waals surface area contributed by atoms with Crippen LogP contribution < -0.4 is 5.32 Å². The highest BCUT2D eigenvalue weighted by atomic mass is 35.5. The molecule has 0 spiro atoms. The van der Waals surface area contributed by atoms with Gasteiger partial charge in [-0.3, -0.25) is 4.79 Å². The number of carbonyl (C=O) groups excluding carboxylic acids is 1. The molecule has 0 fully saturated rings. The molecule has 6 heteroatoms. The third-order valence-corrected chi connectivity index (χ3v) is 4.83. The van der Waals surface area contributed by atoms with Crippen LogP contribution in [0.3, 0.4) is 0 Å². The average Bonchev–Trinajstić information content (AvgIpc) is 3.02. The number of nitrogens with zero attached hydrogens (tertiary/aromatic N) is 1. The number of nitrogens with one attached hydrogen (secondary N) is 1. The van der Waals surface area contributed by atoms with Crippen LogP contribution in [0.4, 0.5) is 0 Å². The van der Waals surface area contributed by atoms with Crippen LogP contribution in [0.2, 0.25) is 10.0 Å². The molecule has 3 nitrogen and oxygen atoms in total. The first-order chi connectivity index (χ1) is 11.5. The minimum absolute atomic E-state index is 0.248. The Balaban J connectivity index is 1.66. The van der Waals surface area contributed by atoms with Gasteiger partial charge in [0, 0.05) is 22.5 Å². The maximum Gasteiger partial charge on any atom is 0.253 e. The van der Waals surface area contributed by atoms with Gasteiger partial charge in [-0.15, -0.1) is 11.3 Å². The Morgan fingerprint density at radius 2 is 1.92 bits per heavy atom. The largest absolute Gasteiger partial charge is 0.348 e. The molecular weight excluding hydrogens is 363 g/mol. The fourth-order valence-electron chi connectivity index (χ4n) is 2.24. The molecule has 0 aliphatic heterocycles. The summed E-state index contributed by atoms with van der Waals surface area (Å²) in [6, 6.07) is 12.8. The molecule has 122 valence electrons. The van der Waals surface area contributed by atoms with Gasteiger partial charge in [0.25, 0.3) is 5.91 Å². The van der Waals surface area contributed by atoms with E-state index in [1.165, 1.54) is 0 Å². The number of aromatic nitrogens is 1. The number of benzene rings is 2. The molecule has 1 heterocycles. The van der Waals surface area contributed by atoms with Crippen molar-refractivity contribution in [3.05, 3.63) is 74.0 Å². The van der Waals surface area contributed by atoms with Crippen LogP contribution in [-0.4, -0.2) is 10.9 Å².